The van der Waals surface area contributed by atoms with Crippen LogP contribution in [0.3, 0.4) is 0 Å². The lowest BCUT2D eigenvalue weighted by molar-refractivity contribution is 0.490. The smallest absolute Gasteiger partial charge is 0.125 e. The largest absolute Gasteiger partial charge is 0.467 e. The molecule has 0 aliphatic heterocycles. The van der Waals surface area contributed by atoms with E-state index in [4.69, 9.17) is 9.68 Å². The van der Waals surface area contributed by atoms with Crippen molar-refractivity contribution in [3.05, 3.63) is 54.0 Å². The van der Waals surface area contributed by atoms with Crippen molar-refractivity contribution in [2.45, 2.75) is 13.0 Å². The number of furan rings is 1. The van der Waals surface area contributed by atoms with E-state index in [1.807, 2.05) is 37.3 Å². The van der Waals surface area contributed by atoms with Gasteiger partial charge in [-0.3, -0.25) is 0 Å². The average molecular weight is 212 g/mol. The monoisotopic (exact) mass is 212 g/mol. The first-order valence-corrected chi connectivity index (χ1v) is 5.09. The van der Waals surface area contributed by atoms with E-state index in [1.165, 1.54) is 0 Å². The fraction of sp³-hybridized carbons (Fsp3) is 0.154. The van der Waals surface area contributed by atoms with Crippen LogP contribution in [0.5, 0.6) is 0 Å². The first-order chi connectivity index (χ1) is 7.79. The molecule has 0 radical (unpaired) electrons. The Morgan fingerprint density at radius 1 is 1.31 bits per heavy atom. The zero-order valence-corrected chi connectivity index (χ0v) is 8.97. The predicted octanol–water partition coefficient (Wildman–Crippen LogP) is 3.32. The first kappa shape index (κ1) is 10.3. The standard InChI is InChI=1S/C13H12N2O/c1-10(13-6-3-7-16-13)15-12-5-2-4-11(8-12)9-14/h2-8,10,15H,1H3. The summed E-state index contributed by atoms with van der Waals surface area (Å²) >= 11 is 0. The maximum atomic E-state index is 8.78. The summed E-state index contributed by atoms with van der Waals surface area (Å²) in [6.07, 6.45) is 1.65. The number of benzene rings is 1. The van der Waals surface area contributed by atoms with Gasteiger partial charge in [0.05, 0.1) is 23.9 Å². The van der Waals surface area contributed by atoms with E-state index >= 15 is 0 Å². The summed E-state index contributed by atoms with van der Waals surface area (Å²) in [4.78, 5) is 0. The number of rotatable bonds is 3. The maximum Gasteiger partial charge on any atom is 0.125 e. The molecule has 80 valence electrons. The van der Waals surface area contributed by atoms with Crippen LogP contribution in [0.25, 0.3) is 0 Å². The minimum atomic E-state index is 0.0870. The summed E-state index contributed by atoms with van der Waals surface area (Å²) in [6, 6.07) is 13.4. The highest BCUT2D eigenvalue weighted by molar-refractivity contribution is 5.50. The van der Waals surface area contributed by atoms with Gasteiger partial charge in [-0.2, -0.15) is 5.26 Å². The van der Waals surface area contributed by atoms with Crippen LogP contribution in [0.1, 0.15) is 24.3 Å². The molecule has 1 heterocycles. The Kier molecular flexibility index (Phi) is 2.93. The highest BCUT2D eigenvalue weighted by Crippen LogP contribution is 2.19. The second-order valence-electron chi connectivity index (χ2n) is 3.57. The van der Waals surface area contributed by atoms with Crippen molar-refractivity contribution in [3.8, 4) is 6.07 Å². The third kappa shape index (κ3) is 2.23. The summed E-state index contributed by atoms with van der Waals surface area (Å²) in [6.45, 7) is 2.01. The maximum absolute atomic E-state index is 8.78. The number of nitriles is 1. The lowest BCUT2D eigenvalue weighted by atomic mass is 10.2. The molecule has 1 unspecified atom stereocenters. The van der Waals surface area contributed by atoms with Gasteiger partial charge in [0.15, 0.2) is 0 Å². The van der Waals surface area contributed by atoms with Gasteiger partial charge < -0.3 is 9.73 Å². The second-order valence-corrected chi connectivity index (χ2v) is 3.57. The van der Waals surface area contributed by atoms with Gasteiger partial charge in [0.25, 0.3) is 0 Å². The molecule has 1 N–H and O–H groups in total. The molecule has 0 spiro atoms. The lowest BCUT2D eigenvalue weighted by Crippen LogP contribution is -2.05. The average Bonchev–Trinajstić information content (AvgIpc) is 2.83. The zero-order chi connectivity index (χ0) is 11.4. The van der Waals surface area contributed by atoms with Crippen LogP contribution < -0.4 is 5.32 Å². The highest BCUT2D eigenvalue weighted by Gasteiger charge is 2.07. The molecule has 16 heavy (non-hydrogen) atoms. The van der Waals surface area contributed by atoms with E-state index in [1.54, 1.807) is 12.3 Å². The SMILES string of the molecule is CC(Nc1cccc(C#N)c1)c1ccco1. The number of anilines is 1. The third-order valence-corrected chi connectivity index (χ3v) is 2.34. The van der Waals surface area contributed by atoms with Crippen molar-refractivity contribution in [2.75, 3.05) is 5.32 Å². The van der Waals surface area contributed by atoms with E-state index in [-0.39, 0.29) is 6.04 Å². The quantitative estimate of drug-likeness (QED) is 0.848. The molecule has 2 aromatic rings. The van der Waals surface area contributed by atoms with Crippen LogP contribution in [0, 0.1) is 11.3 Å². The Balaban J connectivity index is 2.12. The Morgan fingerprint density at radius 2 is 2.19 bits per heavy atom. The van der Waals surface area contributed by atoms with Crippen LogP contribution in [-0.4, -0.2) is 0 Å². The van der Waals surface area contributed by atoms with Gasteiger partial charge in [0, 0.05) is 5.69 Å². The number of hydrogen-bond acceptors (Lipinski definition) is 3. The number of hydrogen-bond donors (Lipinski definition) is 1. The number of nitrogens with zero attached hydrogens (tertiary/aromatic N) is 1. The number of nitrogens with one attached hydrogen (secondary N) is 1. The van der Waals surface area contributed by atoms with Crippen molar-refractivity contribution >= 4 is 5.69 Å². The van der Waals surface area contributed by atoms with Gasteiger partial charge in [-0.05, 0) is 37.3 Å². The molecule has 0 aliphatic rings. The van der Waals surface area contributed by atoms with Gasteiger partial charge in [-0.1, -0.05) is 6.07 Å². The molecule has 0 aliphatic carbocycles. The normalized spacial score (nSPS) is 11.8. The third-order valence-electron chi connectivity index (χ3n) is 2.34. The summed E-state index contributed by atoms with van der Waals surface area (Å²) in [7, 11) is 0. The molecule has 0 saturated heterocycles. The summed E-state index contributed by atoms with van der Waals surface area (Å²) in [5.41, 5.74) is 1.57. The van der Waals surface area contributed by atoms with Crippen LogP contribution in [0.15, 0.2) is 47.1 Å². The Bertz CT molecular complexity index is 497. The van der Waals surface area contributed by atoms with Crippen LogP contribution in [0.2, 0.25) is 0 Å². The first-order valence-electron chi connectivity index (χ1n) is 5.09. The van der Waals surface area contributed by atoms with Crippen molar-refractivity contribution in [2.24, 2.45) is 0 Å². The fourth-order valence-corrected chi connectivity index (χ4v) is 1.54. The Labute approximate surface area is 94.3 Å². The summed E-state index contributed by atoms with van der Waals surface area (Å²) < 4.78 is 5.30. The predicted molar refractivity (Wildman–Crippen MR) is 61.9 cm³/mol. The fourth-order valence-electron chi connectivity index (χ4n) is 1.54. The van der Waals surface area contributed by atoms with E-state index in [0.29, 0.717) is 5.56 Å². The minimum absolute atomic E-state index is 0.0870. The van der Waals surface area contributed by atoms with Crippen molar-refractivity contribution in [1.82, 2.24) is 0 Å². The van der Waals surface area contributed by atoms with Gasteiger partial charge in [-0.25, -0.2) is 0 Å². The van der Waals surface area contributed by atoms with E-state index in [2.05, 4.69) is 11.4 Å². The second kappa shape index (κ2) is 4.54. The molecular formula is C13H12N2O. The van der Waals surface area contributed by atoms with E-state index in [9.17, 15) is 0 Å². The Morgan fingerprint density at radius 3 is 2.88 bits per heavy atom. The molecule has 1 aromatic carbocycles. The van der Waals surface area contributed by atoms with E-state index < -0.39 is 0 Å². The molecule has 0 fully saturated rings. The Hall–Kier alpha value is -2.21. The molecular weight excluding hydrogens is 200 g/mol. The highest BCUT2D eigenvalue weighted by atomic mass is 16.3. The molecule has 2 rings (SSSR count). The van der Waals surface area contributed by atoms with Crippen LogP contribution >= 0.6 is 0 Å². The minimum Gasteiger partial charge on any atom is -0.467 e. The van der Waals surface area contributed by atoms with Gasteiger partial charge in [0.1, 0.15) is 5.76 Å². The van der Waals surface area contributed by atoms with Crippen molar-refractivity contribution in [1.29, 1.82) is 5.26 Å². The van der Waals surface area contributed by atoms with E-state index in [0.717, 1.165) is 11.4 Å². The molecule has 1 atom stereocenters. The lowest BCUT2D eigenvalue weighted by Gasteiger charge is -2.12. The van der Waals surface area contributed by atoms with Crippen LogP contribution in [-0.2, 0) is 0 Å². The molecule has 1 aromatic heterocycles. The molecule has 3 nitrogen and oxygen atoms in total. The van der Waals surface area contributed by atoms with Crippen molar-refractivity contribution in [3.63, 3.8) is 0 Å². The molecule has 0 bridgehead atoms. The molecule has 0 amide bonds. The molecule has 3 heteroatoms. The van der Waals surface area contributed by atoms with Gasteiger partial charge >= 0.3 is 0 Å². The molecule has 0 saturated carbocycles. The van der Waals surface area contributed by atoms with Crippen LogP contribution in [0.4, 0.5) is 5.69 Å². The summed E-state index contributed by atoms with van der Waals surface area (Å²) in [5, 5.41) is 12.1. The van der Waals surface area contributed by atoms with Gasteiger partial charge in [0.2, 0.25) is 0 Å². The van der Waals surface area contributed by atoms with Gasteiger partial charge in [-0.15, -0.1) is 0 Å². The van der Waals surface area contributed by atoms with Crippen molar-refractivity contribution < 1.29 is 4.42 Å². The zero-order valence-electron chi connectivity index (χ0n) is 8.97. The topological polar surface area (TPSA) is 49.0 Å². The summed E-state index contributed by atoms with van der Waals surface area (Å²) in [5.74, 6) is 0.877.